The molecule has 0 unspecified atom stereocenters. The van der Waals surface area contributed by atoms with Gasteiger partial charge in [-0.25, -0.2) is 13.1 Å². The molecule has 2 rings (SSSR count). The molecule has 1 aromatic heterocycles. The predicted octanol–water partition coefficient (Wildman–Crippen LogP) is 2.13. The molecule has 0 atom stereocenters. The molecule has 0 aliphatic carbocycles. The van der Waals surface area contributed by atoms with Gasteiger partial charge in [0.2, 0.25) is 10.0 Å². The van der Waals surface area contributed by atoms with E-state index in [1.165, 1.54) is 0 Å². The van der Waals surface area contributed by atoms with Crippen LogP contribution in [0.15, 0.2) is 47.6 Å². The van der Waals surface area contributed by atoms with E-state index in [9.17, 15) is 8.42 Å². The lowest BCUT2D eigenvalue weighted by Crippen LogP contribution is -2.23. The van der Waals surface area contributed by atoms with E-state index in [1.54, 1.807) is 49.8 Å². The lowest BCUT2D eigenvalue weighted by atomic mass is 10.1. The van der Waals surface area contributed by atoms with E-state index in [1.807, 2.05) is 6.92 Å². The van der Waals surface area contributed by atoms with Crippen LogP contribution in [0.5, 0.6) is 5.75 Å². The van der Waals surface area contributed by atoms with Gasteiger partial charge in [0, 0.05) is 18.9 Å². The number of methoxy groups -OCH3 is 1. The molecule has 0 aliphatic rings. The van der Waals surface area contributed by atoms with Crippen molar-refractivity contribution in [1.82, 2.24) is 9.71 Å². The molecule has 0 bridgehead atoms. The van der Waals surface area contributed by atoms with Crippen molar-refractivity contribution in [3.05, 3.63) is 53.9 Å². The summed E-state index contributed by atoms with van der Waals surface area (Å²) in [5, 5.41) is 0. The van der Waals surface area contributed by atoms with E-state index in [-0.39, 0.29) is 11.4 Å². The molecule has 1 aromatic carbocycles. The van der Waals surface area contributed by atoms with Crippen LogP contribution in [0.2, 0.25) is 0 Å². The average Bonchev–Trinajstić information content (AvgIpc) is 2.53. The van der Waals surface area contributed by atoms with Gasteiger partial charge in [0.05, 0.1) is 12.0 Å². The fourth-order valence-electron chi connectivity index (χ4n) is 1.96. The van der Waals surface area contributed by atoms with Crippen LogP contribution < -0.4 is 9.46 Å². The molecular formula is C15H18N2O3S. The Bertz CT molecular complexity index is 700. The lowest BCUT2D eigenvalue weighted by molar-refractivity contribution is 0.409. The topological polar surface area (TPSA) is 68.3 Å². The maximum absolute atomic E-state index is 12.3. The molecular weight excluding hydrogens is 288 g/mol. The van der Waals surface area contributed by atoms with Gasteiger partial charge in [0.15, 0.2) is 0 Å². The number of aromatic nitrogens is 1. The Kier molecular flexibility index (Phi) is 4.93. The average molecular weight is 306 g/mol. The quantitative estimate of drug-likeness (QED) is 0.887. The molecule has 6 heteroatoms. The van der Waals surface area contributed by atoms with Crippen molar-refractivity contribution >= 4 is 10.0 Å². The summed E-state index contributed by atoms with van der Waals surface area (Å²) in [5.74, 6) is 0.700. The Morgan fingerprint density at radius 3 is 2.52 bits per heavy atom. The van der Waals surface area contributed by atoms with E-state index in [4.69, 9.17) is 4.74 Å². The molecule has 0 aliphatic heterocycles. The number of pyridine rings is 1. The minimum Gasteiger partial charge on any atom is -0.496 e. The van der Waals surface area contributed by atoms with E-state index in [2.05, 4.69) is 9.71 Å². The van der Waals surface area contributed by atoms with Crippen LogP contribution in [0.1, 0.15) is 18.1 Å². The second-order valence-electron chi connectivity index (χ2n) is 4.51. The van der Waals surface area contributed by atoms with E-state index >= 15 is 0 Å². The number of hydrogen-bond acceptors (Lipinski definition) is 4. The highest BCUT2D eigenvalue weighted by Gasteiger charge is 2.15. The third-order valence-electron chi connectivity index (χ3n) is 3.16. The van der Waals surface area contributed by atoms with Gasteiger partial charge in [0.1, 0.15) is 5.75 Å². The van der Waals surface area contributed by atoms with Crippen LogP contribution in [0.4, 0.5) is 0 Å². The maximum atomic E-state index is 12.3. The summed E-state index contributed by atoms with van der Waals surface area (Å²) in [6, 6.07) is 8.42. The zero-order chi connectivity index (χ0) is 15.3. The summed E-state index contributed by atoms with van der Waals surface area (Å²) >= 11 is 0. The van der Waals surface area contributed by atoms with Crippen LogP contribution in [-0.2, 0) is 23.0 Å². The molecule has 5 nitrogen and oxygen atoms in total. The summed E-state index contributed by atoms with van der Waals surface area (Å²) < 4.78 is 32.4. The van der Waals surface area contributed by atoms with Gasteiger partial charge in [-0.2, -0.15) is 0 Å². The highest BCUT2D eigenvalue weighted by molar-refractivity contribution is 7.89. The van der Waals surface area contributed by atoms with E-state index in [0.717, 1.165) is 11.1 Å². The smallest absolute Gasteiger partial charge is 0.240 e. The third kappa shape index (κ3) is 3.80. The number of benzene rings is 1. The van der Waals surface area contributed by atoms with Crippen molar-refractivity contribution in [3.8, 4) is 5.75 Å². The van der Waals surface area contributed by atoms with Crippen molar-refractivity contribution in [2.45, 2.75) is 24.8 Å². The van der Waals surface area contributed by atoms with Crippen molar-refractivity contribution in [3.63, 3.8) is 0 Å². The Morgan fingerprint density at radius 2 is 1.90 bits per heavy atom. The summed E-state index contributed by atoms with van der Waals surface area (Å²) in [6.45, 7) is 2.19. The summed E-state index contributed by atoms with van der Waals surface area (Å²) in [6.07, 6.45) is 3.97. The van der Waals surface area contributed by atoms with Gasteiger partial charge < -0.3 is 4.74 Å². The third-order valence-corrected chi connectivity index (χ3v) is 4.56. The number of nitrogens with one attached hydrogen (secondary N) is 1. The van der Waals surface area contributed by atoms with Crippen molar-refractivity contribution in [1.29, 1.82) is 0 Å². The first-order chi connectivity index (χ1) is 10.1. The van der Waals surface area contributed by atoms with E-state index in [0.29, 0.717) is 12.2 Å². The fraction of sp³-hybridized carbons (Fsp3) is 0.267. The van der Waals surface area contributed by atoms with Crippen LogP contribution >= 0.6 is 0 Å². The molecule has 1 heterocycles. The van der Waals surface area contributed by atoms with Crippen LogP contribution in [0.25, 0.3) is 0 Å². The standard InChI is InChI=1S/C15H18N2O3S/c1-3-13-10-14(4-5-15(13)20-2)21(18,19)17-11-12-6-8-16-9-7-12/h4-10,17H,3,11H2,1-2H3. The number of nitrogens with zero attached hydrogens (tertiary/aromatic N) is 1. The minimum atomic E-state index is -3.54. The van der Waals surface area contributed by atoms with Crippen LogP contribution in [-0.4, -0.2) is 20.5 Å². The zero-order valence-electron chi connectivity index (χ0n) is 12.0. The van der Waals surface area contributed by atoms with E-state index < -0.39 is 10.0 Å². The number of aryl methyl sites for hydroxylation is 1. The first-order valence-electron chi connectivity index (χ1n) is 6.62. The molecule has 0 fully saturated rings. The second kappa shape index (κ2) is 6.69. The number of rotatable bonds is 6. The van der Waals surface area contributed by atoms with Gasteiger partial charge in [-0.1, -0.05) is 6.92 Å². The highest BCUT2D eigenvalue weighted by Crippen LogP contribution is 2.22. The van der Waals surface area contributed by atoms with Gasteiger partial charge in [0.25, 0.3) is 0 Å². The maximum Gasteiger partial charge on any atom is 0.240 e. The first-order valence-corrected chi connectivity index (χ1v) is 8.10. The number of ether oxygens (including phenoxy) is 1. The molecule has 0 radical (unpaired) electrons. The summed E-state index contributed by atoms with van der Waals surface area (Å²) in [4.78, 5) is 4.14. The minimum absolute atomic E-state index is 0.234. The zero-order valence-corrected chi connectivity index (χ0v) is 12.9. The van der Waals surface area contributed by atoms with Gasteiger partial charge in [-0.05, 0) is 47.9 Å². The van der Waals surface area contributed by atoms with Crippen molar-refractivity contribution < 1.29 is 13.2 Å². The van der Waals surface area contributed by atoms with Crippen LogP contribution in [0, 0.1) is 0 Å². The Labute approximate surface area is 125 Å². The summed E-state index contributed by atoms with van der Waals surface area (Å²) in [5.41, 5.74) is 1.72. The van der Waals surface area contributed by atoms with Gasteiger partial charge in [-0.3, -0.25) is 4.98 Å². The lowest BCUT2D eigenvalue weighted by Gasteiger charge is -2.11. The molecule has 1 N–H and O–H groups in total. The molecule has 21 heavy (non-hydrogen) atoms. The normalized spacial score (nSPS) is 11.3. The van der Waals surface area contributed by atoms with Gasteiger partial charge in [-0.15, -0.1) is 0 Å². The Morgan fingerprint density at radius 1 is 1.19 bits per heavy atom. The van der Waals surface area contributed by atoms with Crippen molar-refractivity contribution in [2.75, 3.05) is 7.11 Å². The molecule has 0 amide bonds. The summed E-state index contributed by atoms with van der Waals surface area (Å²) in [7, 11) is -1.97. The first kappa shape index (κ1) is 15.5. The van der Waals surface area contributed by atoms with Crippen LogP contribution in [0.3, 0.4) is 0 Å². The van der Waals surface area contributed by atoms with Crippen molar-refractivity contribution in [2.24, 2.45) is 0 Å². The highest BCUT2D eigenvalue weighted by atomic mass is 32.2. The number of hydrogen-bond donors (Lipinski definition) is 1. The molecule has 2 aromatic rings. The molecule has 0 saturated carbocycles. The molecule has 0 saturated heterocycles. The Hall–Kier alpha value is -1.92. The SMILES string of the molecule is CCc1cc(S(=O)(=O)NCc2ccncc2)ccc1OC. The van der Waals surface area contributed by atoms with Gasteiger partial charge >= 0.3 is 0 Å². The Balaban J connectivity index is 2.19. The second-order valence-corrected chi connectivity index (χ2v) is 6.27. The monoisotopic (exact) mass is 306 g/mol. The molecule has 0 spiro atoms. The molecule has 112 valence electrons. The predicted molar refractivity (Wildman–Crippen MR) is 80.6 cm³/mol. The largest absolute Gasteiger partial charge is 0.496 e. The number of sulfonamides is 1. The fourth-order valence-corrected chi connectivity index (χ4v) is 3.03.